The molecule has 1 aromatic carbocycles. The van der Waals surface area contributed by atoms with Crippen LogP contribution < -0.4 is 4.90 Å². The number of carbonyl (C=O) groups excluding carboxylic acids is 1. The van der Waals surface area contributed by atoms with Crippen LogP contribution in [0.15, 0.2) is 41.1 Å². The number of carbonyl (C=O) groups is 1. The lowest BCUT2D eigenvalue weighted by Gasteiger charge is -2.16. The van der Waals surface area contributed by atoms with E-state index in [-0.39, 0.29) is 5.78 Å². The maximum atomic E-state index is 11.0. The van der Waals surface area contributed by atoms with Crippen LogP contribution in [0.1, 0.15) is 13.3 Å². The highest BCUT2D eigenvalue weighted by Crippen LogP contribution is 2.27. The third kappa shape index (κ3) is 3.63. The van der Waals surface area contributed by atoms with Gasteiger partial charge in [0.15, 0.2) is 0 Å². The molecule has 0 aliphatic rings. The van der Waals surface area contributed by atoms with Gasteiger partial charge in [0.2, 0.25) is 5.95 Å². The molecule has 2 aromatic rings. The van der Waals surface area contributed by atoms with E-state index in [2.05, 4.69) is 25.9 Å². The molecule has 5 heteroatoms. The summed E-state index contributed by atoms with van der Waals surface area (Å²) in [6, 6.07) is 7.95. The van der Waals surface area contributed by atoms with Crippen molar-refractivity contribution in [3.63, 3.8) is 0 Å². The first-order valence-electron chi connectivity index (χ1n) is 6.35. The Morgan fingerprint density at radius 1 is 1.25 bits per heavy atom. The lowest BCUT2D eigenvalue weighted by atomic mass is 10.1. The molecule has 1 aromatic heterocycles. The lowest BCUT2D eigenvalue weighted by molar-refractivity contribution is -0.116. The summed E-state index contributed by atoms with van der Waals surface area (Å²) in [6.07, 6.45) is 4.10. The number of ketones is 1. The van der Waals surface area contributed by atoms with Crippen LogP contribution in [0.25, 0.3) is 11.1 Å². The molecule has 0 aliphatic carbocycles. The van der Waals surface area contributed by atoms with Crippen LogP contribution >= 0.6 is 15.9 Å². The number of anilines is 1. The van der Waals surface area contributed by atoms with Crippen molar-refractivity contribution in [3.05, 3.63) is 41.1 Å². The monoisotopic (exact) mass is 333 g/mol. The summed E-state index contributed by atoms with van der Waals surface area (Å²) in [5, 5.41) is 0. The molecule has 0 unspecified atom stereocenters. The van der Waals surface area contributed by atoms with Crippen molar-refractivity contribution in [2.24, 2.45) is 0 Å². The molecule has 20 heavy (non-hydrogen) atoms. The number of rotatable bonds is 5. The van der Waals surface area contributed by atoms with E-state index in [1.54, 1.807) is 19.3 Å². The number of hydrogen-bond donors (Lipinski definition) is 0. The summed E-state index contributed by atoms with van der Waals surface area (Å²) in [5.41, 5.74) is 2.02. The van der Waals surface area contributed by atoms with Crippen LogP contribution in [0.4, 0.5) is 5.95 Å². The molecule has 0 fully saturated rings. The maximum absolute atomic E-state index is 11.0. The summed E-state index contributed by atoms with van der Waals surface area (Å²) in [7, 11) is 1.89. The summed E-state index contributed by atoms with van der Waals surface area (Å²) < 4.78 is 1.02. The van der Waals surface area contributed by atoms with Crippen molar-refractivity contribution >= 4 is 27.7 Å². The number of benzene rings is 1. The van der Waals surface area contributed by atoms with Crippen molar-refractivity contribution < 1.29 is 4.79 Å². The molecule has 0 saturated carbocycles. The van der Waals surface area contributed by atoms with Gasteiger partial charge in [-0.2, -0.15) is 0 Å². The fraction of sp³-hybridized carbons (Fsp3) is 0.267. The van der Waals surface area contributed by atoms with Gasteiger partial charge in [0.1, 0.15) is 5.78 Å². The van der Waals surface area contributed by atoms with E-state index < -0.39 is 0 Å². The molecule has 0 N–H and O–H groups in total. The Morgan fingerprint density at radius 3 is 2.50 bits per heavy atom. The Labute approximate surface area is 127 Å². The van der Waals surface area contributed by atoms with Gasteiger partial charge in [0.25, 0.3) is 0 Å². The van der Waals surface area contributed by atoms with E-state index in [0.717, 1.165) is 15.6 Å². The van der Waals surface area contributed by atoms with Crippen LogP contribution in [0.2, 0.25) is 0 Å². The number of Topliss-reactive ketones (excluding diaryl/α,β-unsaturated/α-hetero) is 1. The molecular weight excluding hydrogens is 318 g/mol. The summed E-state index contributed by atoms with van der Waals surface area (Å²) >= 11 is 3.52. The van der Waals surface area contributed by atoms with Crippen LogP contribution in [0.3, 0.4) is 0 Å². The molecule has 104 valence electrons. The highest BCUT2D eigenvalue weighted by atomic mass is 79.9. The second kappa shape index (κ2) is 6.61. The quantitative estimate of drug-likeness (QED) is 0.842. The molecule has 0 aliphatic heterocycles. The van der Waals surface area contributed by atoms with E-state index in [0.29, 0.717) is 18.9 Å². The molecule has 0 spiro atoms. The standard InChI is InChI=1S/C15H16BrN3O/c1-11(20)7-8-19(2)15-17-9-12(10-18-15)13-5-3-4-6-14(13)16/h3-6,9-10H,7-8H2,1-2H3. The highest BCUT2D eigenvalue weighted by Gasteiger charge is 2.07. The van der Waals surface area contributed by atoms with Gasteiger partial charge in [-0.1, -0.05) is 34.1 Å². The number of aromatic nitrogens is 2. The van der Waals surface area contributed by atoms with Gasteiger partial charge in [-0.15, -0.1) is 0 Å². The van der Waals surface area contributed by atoms with Gasteiger partial charge >= 0.3 is 0 Å². The second-order valence-electron chi connectivity index (χ2n) is 4.63. The topological polar surface area (TPSA) is 46.1 Å². The minimum atomic E-state index is 0.168. The van der Waals surface area contributed by atoms with Gasteiger partial charge in [-0.3, -0.25) is 4.79 Å². The van der Waals surface area contributed by atoms with E-state index in [9.17, 15) is 4.79 Å². The van der Waals surface area contributed by atoms with Crippen molar-refractivity contribution in [1.82, 2.24) is 9.97 Å². The number of nitrogens with zero attached hydrogens (tertiary/aromatic N) is 3. The van der Waals surface area contributed by atoms with Gasteiger partial charge < -0.3 is 4.90 Å². The molecular formula is C15H16BrN3O. The van der Waals surface area contributed by atoms with Crippen LogP contribution in [0.5, 0.6) is 0 Å². The van der Waals surface area contributed by atoms with E-state index in [1.165, 1.54) is 0 Å². The highest BCUT2D eigenvalue weighted by molar-refractivity contribution is 9.10. The minimum Gasteiger partial charge on any atom is -0.343 e. The molecule has 0 amide bonds. The lowest BCUT2D eigenvalue weighted by Crippen LogP contribution is -2.22. The smallest absolute Gasteiger partial charge is 0.225 e. The fourth-order valence-corrected chi connectivity index (χ4v) is 2.29. The van der Waals surface area contributed by atoms with Crippen LogP contribution in [-0.2, 0) is 4.79 Å². The Morgan fingerprint density at radius 2 is 1.90 bits per heavy atom. The van der Waals surface area contributed by atoms with Crippen molar-refractivity contribution in [1.29, 1.82) is 0 Å². The average Bonchev–Trinajstić information content (AvgIpc) is 2.45. The van der Waals surface area contributed by atoms with E-state index >= 15 is 0 Å². The SMILES string of the molecule is CC(=O)CCN(C)c1ncc(-c2ccccc2Br)cn1. The summed E-state index contributed by atoms with van der Waals surface area (Å²) in [5.74, 6) is 0.795. The van der Waals surface area contributed by atoms with E-state index in [1.807, 2.05) is 36.2 Å². The zero-order valence-electron chi connectivity index (χ0n) is 11.5. The third-order valence-electron chi connectivity index (χ3n) is 2.96. The molecule has 0 radical (unpaired) electrons. The van der Waals surface area contributed by atoms with E-state index in [4.69, 9.17) is 0 Å². The first kappa shape index (κ1) is 14.7. The maximum Gasteiger partial charge on any atom is 0.225 e. The Balaban J connectivity index is 2.14. The van der Waals surface area contributed by atoms with Gasteiger partial charge in [-0.05, 0) is 18.6 Å². The van der Waals surface area contributed by atoms with Crippen molar-refractivity contribution in [2.75, 3.05) is 18.5 Å². The molecule has 0 atom stereocenters. The number of hydrogen-bond acceptors (Lipinski definition) is 4. The minimum absolute atomic E-state index is 0.168. The second-order valence-corrected chi connectivity index (χ2v) is 5.48. The average molecular weight is 334 g/mol. The molecule has 0 saturated heterocycles. The Kier molecular flexibility index (Phi) is 4.84. The first-order valence-corrected chi connectivity index (χ1v) is 7.15. The fourth-order valence-electron chi connectivity index (χ4n) is 1.78. The van der Waals surface area contributed by atoms with Gasteiger partial charge in [0, 0.05) is 42.4 Å². The molecule has 0 bridgehead atoms. The van der Waals surface area contributed by atoms with Gasteiger partial charge in [-0.25, -0.2) is 9.97 Å². The van der Waals surface area contributed by atoms with Crippen LogP contribution in [-0.4, -0.2) is 29.3 Å². The Hall–Kier alpha value is -1.75. The molecule has 4 nitrogen and oxygen atoms in total. The molecule has 2 rings (SSSR count). The zero-order valence-corrected chi connectivity index (χ0v) is 13.1. The first-order chi connectivity index (χ1) is 9.58. The predicted molar refractivity (Wildman–Crippen MR) is 83.7 cm³/mol. The summed E-state index contributed by atoms with van der Waals surface area (Å²) in [6.45, 7) is 2.22. The predicted octanol–water partition coefficient (Wildman–Crippen LogP) is 3.32. The summed E-state index contributed by atoms with van der Waals surface area (Å²) in [4.78, 5) is 21.6. The zero-order chi connectivity index (χ0) is 14.5. The number of halogens is 1. The van der Waals surface area contributed by atoms with Crippen LogP contribution in [0, 0.1) is 0 Å². The normalized spacial score (nSPS) is 10.3. The van der Waals surface area contributed by atoms with Gasteiger partial charge in [0.05, 0.1) is 0 Å². The Bertz CT molecular complexity index is 598. The van der Waals surface area contributed by atoms with Crippen molar-refractivity contribution in [2.45, 2.75) is 13.3 Å². The molecule has 1 heterocycles. The van der Waals surface area contributed by atoms with Crippen molar-refractivity contribution in [3.8, 4) is 11.1 Å². The largest absolute Gasteiger partial charge is 0.343 e. The third-order valence-corrected chi connectivity index (χ3v) is 3.66.